The van der Waals surface area contributed by atoms with Gasteiger partial charge in [0, 0.05) is 5.56 Å². The number of hydrogen-bond donors (Lipinski definition) is 0. The lowest BCUT2D eigenvalue weighted by Crippen LogP contribution is -1.75. The predicted molar refractivity (Wildman–Crippen MR) is 51.8 cm³/mol. The summed E-state index contributed by atoms with van der Waals surface area (Å²) in [4.78, 5) is 0. The molecule has 0 unspecified atom stereocenters. The van der Waals surface area contributed by atoms with E-state index >= 15 is 0 Å². The van der Waals surface area contributed by atoms with Gasteiger partial charge in [0.25, 0.3) is 0 Å². The van der Waals surface area contributed by atoms with Crippen LogP contribution in [0, 0.1) is 13.8 Å². The smallest absolute Gasteiger partial charge is 0.141 e. The molecule has 1 aromatic heterocycles. The normalized spacial score (nSPS) is 9.82. The number of hydrogen-bond acceptors (Lipinski definition) is 2. The molecule has 0 atom stereocenters. The van der Waals surface area contributed by atoms with Gasteiger partial charge in [0.1, 0.15) is 5.76 Å². The zero-order valence-corrected chi connectivity index (χ0v) is 9.36. The van der Waals surface area contributed by atoms with Crippen molar-refractivity contribution in [3.8, 4) is 0 Å². The SMILES string of the molecule is Cc1noc(C)c1C=C(Br)Br. The Morgan fingerprint density at radius 1 is 1.45 bits per heavy atom. The molecule has 1 rings (SSSR count). The Balaban J connectivity index is 3.11. The van der Waals surface area contributed by atoms with Crippen molar-refractivity contribution in [2.45, 2.75) is 13.8 Å². The van der Waals surface area contributed by atoms with Gasteiger partial charge in [0.05, 0.1) is 9.09 Å². The lowest BCUT2D eigenvalue weighted by molar-refractivity contribution is 0.393. The van der Waals surface area contributed by atoms with E-state index in [9.17, 15) is 0 Å². The quantitative estimate of drug-likeness (QED) is 0.788. The summed E-state index contributed by atoms with van der Waals surface area (Å²) in [5.74, 6) is 0.832. The third kappa shape index (κ3) is 2.17. The van der Waals surface area contributed by atoms with E-state index in [-0.39, 0.29) is 0 Å². The maximum Gasteiger partial charge on any atom is 0.141 e. The Morgan fingerprint density at radius 3 is 2.45 bits per heavy atom. The van der Waals surface area contributed by atoms with E-state index in [0.717, 1.165) is 20.4 Å². The van der Waals surface area contributed by atoms with Gasteiger partial charge >= 0.3 is 0 Å². The zero-order valence-electron chi connectivity index (χ0n) is 6.19. The van der Waals surface area contributed by atoms with Gasteiger partial charge in [-0.1, -0.05) is 5.16 Å². The molecule has 0 bridgehead atoms. The van der Waals surface area contributed by atoms with Crippen LogP contribution >= 0.6 is 31.9 Å². The second-order valence-corrected chi connectivity index (χ2v) is 4.94. The fraction of sp³-hybridized carbons (Fsp3) is 0.286. The van der Waals surface area contributed by atoms with E-state index < -0.39 is 0 Å². The van der Waals surface area contributed by atoms with Crippen LogP contribution in [0.4, 0.5) is 0 Å². The minimum Gasteiger partial charge on any atom is -0.361 e. The highest BCUT2D eigenvalue weighted by molar-refractivity contribution is 9.28. The zero-order chi connectivity index (χ0) is 8.43. The summed E-state index contributed by atoms with van der Waals surface area (Å²) >= 11 is 6.54. The summed E-state index contributed by atoms with van der Waals surface area (Å²) in [5.41, 5.74) is 1.92. The van der Waals surface area contributed by atoms with Crippen LogP contribution in [0.25, 0.3) is 6.08 Å². The van der Waals surface area contributed by atoms with Gasteiger partial charge in [-0.15, -0.1) is 0 Å². The second-order valence-electron chi connectivity index (χ2n) is 2.17. The molecule has 60 valence electrons. The molecule has 0 aliphatic heterocycles. The van der Waals surface area contributed by atoms with E-state index in [1.54, 1.807) is 0 Å². The van der Waals surface area contributed by atoms with Crippen molar-refractivity contribution in [1.29, 1.82) is 0 Å². The molecule has 11 heavy (non-hydrogen) atoms. The first-order chi connectivity index (χ1) is 5.11. The molecule has 2 nitrogen and oxygen atoms in total. The highest BCUT2D eigenvalue weighted by Gasteiger charge is 2.05. The number of aromatic nitrogens is 1. The Hall–Kier alpha value is -0.0900. The molecule has 0 saturated carbocycles. The van der Waals surface area contributed by atoms with Gasteiger partial charge in [-0.05, 0) is 51.8 Å². The maximum absolute atomic E-state index is 4.96. The molecule has 0 aromatic carbocycles. The standard InChI is InChI=1S/C7H7Br2NO/c1-4-6(3-7(8)9)5(2)11-10-4/h3H,1-2H3. The number of aryl methyl sites for hydroxylation is 2. The first-order valence-electron chi connectivity index (χ1n) is 3.07. The van der Waals surface area contributed by atoms with Crippen molar-refractivity contribution in [3.05, 3.63) is 20.4 Å². The molecule has 0 N–H and O–H groups in total. The van der Waals surface area contributed by atoms with E-state index in [4.69, 9.17) is 4.52 Å². The van der Waals surface area contributed by atoms with Crippen LogP contribution in [0.1, 0.15) is 17.0 Å². The summed E-state index contributed by atoms with van der Waals surface area (Å²) in [6.45, 7) is 3.79. The summed E-state index contributed by atoms with van der Waals surface area (Å²) in [7, 11) is 0. The molecule has 0 radical (unpaired) electrons. The molecule has 0 amide bonds. The summed E-state index contributed by atoms with van der Waals surface area (Å²) in [5, 5.41) is 3.81. The molecule has 0 aliphatic carbocycles. The molecule has 1 aromatic rings. The lowest BCUT2D eigenvalue weighted by atomic mass is 10.2. The number of rotatable bonds is 1. The van der Waals surface area contributed by atoms with Crippen LogP contribution in [-0.2, 0) is 0 Å². The van der Waals surface area contributed by atoms with Crippen LogP contribution < -0.4 is 0 Å². The Bertz CT molecular complexity index is 267. The summed E-state index contributed by atoms with van der Waals surface area (Å²) < 4.78 is 5.85. The minimum atomic E-state index is 0.832. The molecular weight excluding hydrogens is 274 g/mol. The minimum absolute atomic E-state index is 0.832. The van der Waals surface area contributed by atoms with Gasteiger partial charge < -0.3 is 4.52 Å². The van der Waals surface area contributed by atoms with E-state index in [1.807, 2.05) is 19.9 Å². The Labute approximate surface area is 81.9 Å². The monoisotopic (exact) mass is 279 g/mol. The highest BCUT2D eigenvalue weighted by Crippen LogP contribution is 2.22. The summed E-state index contributed by atoms with van der Waals surface area (Å²) in [6, 6.07) is 0. The topological polar surface area (TPSA) is 26.0 Å². The van der Waals surface area contributed by atoms with Crippen LogP contribution in [0.15, 0.2) is 7.91 Å². The van der Waals surface area contributed by atoms with Crippen molar-refractivity contribution in [1.82, 2.24) is 5.16 Å². The van der Waals surface area contributed by atoms with Crippen molar-refractivity contribution >= 4 is 37.9 Å². The van der Waals surface area contributed by atoms with Crippen molar-refractivity contribution in [2.24, 2.45) is 0 Å². The van der Waals surface area contributed by atoms with Crippen LogP contribution in [0.3, 0.4) is 0 Å². The van der Waals surface area contributed by atoms with Crippen LogP contribution in [0.2, 0.25) is 0 Å². The molecule has 1 heterocycles. The van der Waals surface area contributed by atoms with Crippen molar-refractivity contribution in [2.75, 3.05) is 0 Å². The van der Waals surface area contributed by atoms with E-state index in [1.165, 1.54) is 0 Å². The summed E-state index contributed by atoms with van der Waals surface area (Å²) in [6.07, 6.45) is 1.92. The molecular formula is C7H7Br2NO. The third-order valence-corrected chi connectivity index (χ3v) is 1.80. The average molecular weight is 281 g/mol. The van der Waals surface area contributed by atoms with Gasteiger partial charge in [0.2, 0.25) is 0 Å². The van der Waals surface area contributed by atoms with Gasteiger partial charge in [0.15, 0.2) is 0 Å². The lowest BCUT2D eigenvalue weighted by Gasteiger charge is -1.88. The van der Waals surface area contributed by atoms with Gasteiger partial charge in [-0.2, -0.15) is 0 Å². The number of halogens is 2. The van der Waals surface area contributed by atoms with Crippen molar-refractivity contribution in [3.63, 3.8) is 0 Å². The second kappa shape index (κ2) is 3.54. The first kappa shape index (κ1) is 9.00. The van der Waals surface area contributed by atoms with Gasteiger partial charge in [-0.3, -0.25) is 0 Å². The first-order valence-corrected chi connectivity index (χ1v) is 4.65. The third-order valence-electron chi connectivity index (χ3n) is 1.34. The largest absolute Gasteiger partial charge is 0.361 e. The molecule has 0 fully saturated rings. The van der Waals surface area contributed by atoms with Crippen molar-refractivity contribution < 1.29 is 4.52 Å². The fourth-order valence-electron chi connectivity index (χ4n) is 0.805. The molecule has 0 spiro atoms. The fourth-order valence-corrected chi connectivity index (χ4v) is 1.26. The predicted octanol–water partition coefficient (Wildman–Crippen LogP) is 3.38. The van der Waals surface area contributed by atoms with E-state index in [0.29, 0.717) is 0 Å². The molecule has 0 saturated heterocycles. The van der Waals surface area contributed by atoms with E-state index in [2.05, 4.69) is 37.0 Å². The van der Waals surface area contributed by atoms with Gasteiger partial charge in [-0.25, -0.2) is 0 Å². The Morgan fingerprint density at radius 2 is 2.09 bits per heavy atom. The number of nitrogens with zero attached hydrogens (tertiary/aromatic N) is 1. The average Bonchev–Trinajstić information content (AvgIpc) is 2.18. The highest BCUT2D eigenvalue weighted by atomic mass is 79.9. The maximum atomic E-state index is 4.96. The molecule has 0 aliphatic rings. The Kier molecular flexibility index (Phi) is 2.90. The van der Waals surface area contributed by atoms with Crippen LogP contribution in [0.5, 0.6) is 0 Å². The molecule has 4 heteroatoms. The van der Waals surface area contributed by atoms with Crippen LogP contribution in [-0.4, -0.2) is 5.16 Å².